The topological polar surface area (TPSA) is 9.23 Å². The van der Waals surface area contributed by atoms with Crippen molar-refractivity contribution < 1.29 is 33.2 Å². The summed E-state index contributed by atoms with van der Waals surface area (Å²) in [5, 5.41) is 0. The summed E-state index contributed by atoms with van der Waals surface area (Å²) in [5.74, 6) is 1.16. The Hall–Kier alpha value is 0.440. The van der Waals surface area contributed by atoms with Gasteiger partial charge in [-0.15, -0.1) is 0 Å². The summed E-state index contributed by atoms with van der Waals surface area (Å²) in [7, 11) is 4.68. The number of benzene rings is 1. The molecular formula is C18H27I2NO. The summed E-state index contributed by atoms with van der Waals surface area (Å²) in [6.07, 6.45) is 4.98. The van der Waals surface area contributed by atoms with E-state index in [0.717, 1.165) is 16.8 Å². The average molecular weight is 527 g/mol. The molecule has 0 aromatic heterocycles. The minimum atomic E-state index is 0. The molecule has 1 aromatic rings. The number of fused-ring (bicyclic) bond motifs is 1. The second-order valence-electron chi connectivity index (χ2n) is 8.29. The Morgan fingerprint density at radius 3 is 2.27 bits per heavy atom. The molecule has 0 amide bonds. The van der Waals surface area contributed by atoms with Crippen LogP contribution in [0.3, 0.4) is 0 Å². The van der Waals surface area contributed by atoms with Gasteiger partial charge >= 0.3 is 0 Å². The van der Waals surface area contributed by atoms with E-state index >= 15 is 0 Å². The maximum absolute atomic E-state index is 6.66. The zero-order valence-electron chi connectivity index (χ0n) is 14.3. The van der Waals surface area contributed by atoms with Crippen molar-refractivity contribution in [2.24, 2.45) is 0 Å². The van der Waals surface area contributed by atoms with Gasteiger partial charge in [0, 0.05) is 12.8 Å². The van der Waals surface area contributed by atoms with E-state index in [9.17, 15) is 0 Å². The predicted molar refractivity (Wildman–Crippen MR) is 95.5 cm³/mol. The van der Waals surface area contributed by atoms with Crippen molar-refractivity contribution in [2.75, 3.05) is 14.1 Å². The van der Waals surface area contributed by atoms with Gasteiger partial charge in [0.25, 0.3) is 0 Å². The first-order chi connectivity index (χ1) is 9.65. The van der Waals surface area contributed by atoms with Gasteiger partial charge in [0.1, 0.15) is 12.3 Å². The smallest absolute Gasteiger partial charge is 0.243 e. The van der Waals surface area contributed by atoms with E-state index < -0.39 is 0 Å². The molecule has 1 aliphatic carbocycles. The van der Waals surface area contributed by atoms with Gasteiger partial charge in [-0.2, -0.15) is 0 Å². The molecule has 124 valence electrons. The molecule has 1 heterocycles. The van der Waals surface area contributed by atoms with Gasteiger partial charge in [-0.25, -0.2) is 0 Å². The molecule has 1 fully saturated rings. The summed E-state index contributed by atoms with van der Waals surface area (Å²) in [6.45, 7) is 7.93. The van der Waals surface area contributed by atoms with Crippen molar-refractivity contribution in [1.82, 2.24) is 0 Å². The lowest BCUT2D eigenvalue weighted by atomic mass is 9.85. The first-order valence-electron chi connectivity index (χ1n) is 8.00. The molecule has 0 unspecified atom stereocenters. The molecule has 2 nitrogen and oxygen atoms in total. The van der Waals surface area contributed by atoms with Gasteiger partial charge < -0.3 is 28.7 Å². The molecule has 1 saturated carbocycles. The van der Waals surface area contributed by atoms with Crippen molar-refractivity contribution in [3.05, 3.63) is 26.8 Å². The second kappa shape index (κ2) is 6.06. The highest BCUT2D eigenvalue weighted by Crippen LogP contribution is 2.48. The third-order valence-corrected chi connectivity index (χ3v) is 6.13. The van der Waals surface area contributed by atoms with E-state index in [1.165, 1.54) is 40.4 Å². The van der Waals surface area contributed by atoms with E-state index in [1.54, 1.807) is 0 Å². The molecule has 22 heavy (non-hydrogen) atoms. The van der Waals surface area contributed by atoms with Gasteiger partial charge in [0.05, 0.1) is 23.2 Å². The highest BCUT2D eigenvalue weighted by atomic mass is 127. The maximum atomic E-state index is 6.66. The van der Waals surface area contributed by atoms with Gasteiger partial charge in [-0.05, 0) is 58.5 Å². The van der Waals surface area contributed by atoms with Crippen molar-refractivity contribution in [3.8, 4) is 5.75 Å². The molecule has 2 aliphatic rings. The third kappa shape index (κ3) is 3.04. The van der Waals surface area contributed by atoms with Crippen LogP contribution in [-0.4, -0.2) is 24.3 Å². The fraction of sp³-hybridized carbons (Fsp3) is 0.667. The Bertz CT molecular complexity index is 569. The van der Waals surface area contributed by atoms with Gasteiger partial charge in [-0.1, -0.05) is 20.8 Å². The Morgan fingerprint density at radius 2 is 1.73 bits per heavy atom. The van der Waals surface area contributed by atoms with Crippen molar-refractivity contribution in [2.45, 2.75) is 64.1 Å². The number of hydrogen-bond acceptors (Lipinski definition) is 1. The Labute approximate surface area is 165 Å². The van der Waals surface area contributed by atoms with E-state index in [1.807, 2.05) is 0 Å². The normalized spacial score (nSPS) is 21.9. The highest BCUT2D eigenvalue weighted by molar-refractivity contribution is 14.1. The first kappa shape index (κ1) is 18.8. The molecule has 0 N–H and O–H groups in total. The average Bonchev–Trinajstić information content (AvgIpc) is 2.80. The second-order valence-corrected chi connectivity index (χ2v) is 9.46. The van der Waals surface area contributed by atoms with Crippen LogP contribution in [-0.2, 0) is 12.0 Å². The van der Waals surface area contributed by atoms with Gasteiger partial charge in [0.15, 0.2) is 0 Å². The monoisotopic (exact) mass is 527 g/mol. The number of halogens is 2. The molecule has 0 atom stereocenters. The largest absolute Gasteiger partial charge is 1.00 e. The molecule has 4 heteroatoms. The molecule has 1 spiro atoms. The van der Waals surface area contributed by atoms with Crippen LogP contribution in [0.2, 0.25) is 0 Å². The van der Waals surface area contributed by atoms with E-state index in [0.29, 0.717) is 0 Å². The summed E-state index contributed by atoms with van der Waals surface area (Å²) in [6, 6.07) is 4.69. The summed E-state index contributed by atoms with van der Waals surface area (Å²) < 4.78 is 8.90. The van der Waals surface area contributed by atoms with Crippen molar-refractivity contribution in [1.29, 1.82) is 0 Å². The van der Waals surface area contributed by atoms with Crippen molar-refractivity contribution >= 4 is 22.6 Å². The van der Waals surface area contributed by atoms with Gasteiger partial charge in [0.2, 0.25) is 5.72 Å². The third-order valence-electron chi connectivity index (χ3n) is 5.33. The van der Waals surface area contributed by atoms with Crippen LogP contribution < -0.4 is 28.7 Å². The lowest BCUT2D eigenvalue weighted by Crippen LogP contribution is -3.00. The summed E-state index contributed by atoms with van der Waals surface area (Å²) in [4.78, 5) is 0. The van der Waals surface area contributed by atoms with E-state index in [-0.39, 0.29) is 35.1 Å². The van der Waals surface area contributed by atoms with Crippen LogP contribution in [0, 0.1) is 3.57 Å². The summed E-state index contributed by atoms with van der Waals surface area (Å²) in [5.41, 5.74) is 3.00. The zero-order chi connectivity index (χ0) is 15.5. The lowest BCUT2D eigenvalue weighted by molar-refractivity contribution is -0.977. The number of quaternary nitrogens is 1. The Balaban J connectivity index is 0.00000176. The van der Waals surface area contributed by atoms with Gasteiger partial charge in [-0.3, -0.25) is 4.48 Å². The Kier molecular flexibility index (Phi) is 5.17. The number of ether oxygens (including phenoxy) is 1. The molecule has 0 saturated heterocycles. The number of rotatable bonds is 0. The molecule has 0 radical (unpaired) electrons. The van der Waals surface area contributed by atoms with Crippen LogP contribution in [0.1, 0.15) is 57.6 Å². The highest BCUT2D eigenvalue weighted by Gasteiger charge is 2.53. The SMILES string of the molecule is CC(C)(C)c1cc(I)c2c(c1)C[N+](C)(C)C1(CCCC1)O2.[I-]. The minimum Gasteiger partial charge on any atom is -1.00 e. The van der Waals surface area contributed by atoms with Crippen LogP contribution in [0.4, 0.5) is 0 Å². The van der Waals surface area contributed by atoms with Crippen LogP contribution in [0.5, 0.6) is 5.75 Å². The van der Waals surface area contributed by atoms with Crippen LogP contribution in [0.25, 0.3) is 0 Å². The Morgan fingerprint density at radius 1 is 1.14 bits per heavy atom. The fourth-order valence-corrected chi connectivity index (χ4v) is 4.63. The lowest BCUT2D eigenvalue weighted by Gasteiger charge is -2.50. The quantitative estimate of drug-likeness (QED) is 0.370. The van der Waals surface area contributed by atoms with Crippen LogP contribution in [0.15, 0.2) is 12.1 Å². The predicted octanol–water partition coefficient (Wildman–Crippen LogP) is 1.83. The maximum Gasteiger partial charge on any atom is 0.243 e. The number of nitrogens with zero attached hydrogens (tertiary/aromatic N) is 1. The minimum absolute atomic E-state index is 0. The van der Waals surface area contributed by atoms with E-state index in [2.05, 4.69) is 69.6 Å². The molecule has 1 aliphatic heterocycles. The molecule has 1 aromatic carbocycles. The van der Waals surface area contributed by atoms with E-state index in [4.69, 9.17) is 4.74 Å². The number of hydrogen-bond donors (Lipinski definition) is 0. The molecular weight excluding hydrogens is 500 g/mol. The zero-order valence-corrected chi connectivity index (χ0v) is 18.6. The molecule has 3 rings (SSSR count). The molecule has 0 bridgehead atoms. The summed E-state index contributed by atoms with van der Waals surface area (Å²) >= 11 is 2.46. The standard InChI is InChI=1S/C18H27INO.HI/c1-17(2,3)14-10-13-12-20(4,5)18(8-6-7-9-18)21-16(13)15(19)11-14;/h10-11H,6-9,12H2,1-5H3;1H/q+1;/p-1. The van der Waals surface area contributed by atoms with Crippen LogP contribution >= 0.6 is 22.6 Å². The first-order valence-corrected chi connectivity index (χ1v) is 9.08. The van der Waals surface area contributed by atoms with Crippen molar-refractivity contribution in [3.63, 3.8) is 0 Å². The fourth-order valence-electron chi connectivity index (χ4n) is 3.83.